The Morgan fingerprint density at radius 3 is 2.19 bits per heavy atom. The quantitative estimate of drug-likeness (QED) is 0.685. The van der Waals surface area contributed by atoms with Crippen LogP contribution in [0, 0.1) is 0 Å². The highest BCUT2D eigenvalue weighted by atomic mass is 15.5. The summed E-state index contributed by atoms with van der Waals surface area (Å²) in [5.41, 5.74) is 2.10. The average Bonchev–Trinajstić information content (AvgIpc) is 3.02. The summed E-state index contributed by atoms with van der Waals surface area (Å²) in [6, 6.07) is 19.9. The van der Waals surface area contributed by atoms with E-state index in [4.69, 9.17) is 0 Å². The molecule has 0 radical (unpaired) electrons. The molecule has 4 nitrogen and oxygen atoms in total. The molecule has 102 valence electrons. The molecule has 2 aromatic carbocycles. The van der Waals surface area contributed by atoms with E-state index in [1.807, 2.05) is 72.8 Å². The summed E-state index contributed by atoms with van der Waals surface area (Å²) in [7, 11) is 0. The van der Waals surface area contributed by atoms with Gasteiger partial charge in [0, 0.05) is 0 Å². The third kappa shape index (κ3) is 3.30. The van der Waals surface area contributed by atoms with E-state index in [1.54, 1.807) is 4.68 Å². The van der Waals surface area contributed by atoms with Crippen molar-refractivity contribution in [3.63, 3.8) is 0 Å². The van der Waals surface area contributed by atoms with E-state index >= 15 is 0 Å². The maximum absolute atomic E-state index is 4.02. The second-order valence-electron chi connectivity index (χ2n) is 4.41. The van der Waals surface area contributed by atoms with Gasteiger partial charge in [-0.3, -0.25) is 0 Å². The fourth-order valence-electron chi connectivity index (χ4n) is 1.92. The van der Waals surface area contributed by atoms with Crippen LogP contribution in [0.1, 0.15) is 11.4 Å². The first kappa shape index (κ1) is 13.0. The van der Waals surface area contributed by atoms with E-state index in [0.717, 1.165) is 11.3 Å². The van der Waals surface area contributed by atoms with Crippen molar-refractivity contribution in [1.82, 2.24) is 20.2 Å². The van der Waals surface area contributed by atoms with Crippen LogP contribution in [0.2, 0.25) is 0 Å². The maximum atomic E-state index is 4.02. The Labute approximate surface area is 123 Å². The number of hydrogen-bond acceptors (Lipinski definition) is 3. The van der Waals surface area contributed by atoms with Crippen LogP contribution in [0.5, 0.6) is 0 Å². The third-order valence-corrected chi connectivity index (χ3v) is 2.94. The van der Waals surface area contributed by atoms with Gasteiger partial charge in [-0.05, 0) is 34.2 Å². The van der Waals surface area contributed by atoms with Gasteiger partial charge in [-0.1, -0.05) is 66.8 Å². The van der Waals surface area contributed by atoms with Crippen LogP contribution in [-0.4, -0.2) is 20.2 Å². The number of hydrogen-bond donors (Lipinski definition) is 0. The standard InChI is InChI=1S/C17H14N4/c1-3-9-15(10-4-1)11-7-8-14-17-18-19-20-21(17)16-12-5-2-6-13-16/h1-14H. The van der Waals surface area contributed by atoms with Crippen molar-refractivity contribution < 1.29 is 0 Å². The molecule has 0 amide bonds. The van der Waals surface area contributed by atoms with Crippen LogP contribution in [0.4, 0.5) is 0 Å². The molecule has 0 saturated carbocycles. The van der Waals surface area contributed by atoms with Crippen LogP contribution in [0.25, 0.3) is 17.8 Å². The zero-order valence-corrected chi connectivity index (χ0v) is 11.4. The highest BCUT2D eigenvalue weighted by Crippen LogP contribution is 2.08. The Balaban J connectivity index is 1.76. The Morgan fingerprint density at radius 1 is 0.762 bits per heavy atom. The summed E-state index contributed by atoms with van der Waals surface area (Å²) in [5.74, 6) is 0.693. The summed E-state index contributed by atoms with van der Waals surface area (Å²) in [4.78, 5) is 0. The van der Waals surface area contributed by atoms with Gasteiger partial charge >= 0.3 is 0 Å². The molecule has 0 saturated heterocycles. The molecule has 4 heteroatoms. The van der Waals surface area contributed by atoms with Gasteiger partial charge in [-0.25, -0.2) is 0 Å². The smallest absolute Gasteiger partial charge is 0.179 e. The van der Waals surface area contributed by atoms with Gasteiger partial charge < -0.3 is 0 Å². The molecule has 0 unspecified atom stereocenters. The molecule has 0 aliphatic rings. The molecular weight excluding hydrogens is 260 g/mol. The van der Waals surface area contributed by atoms with Gasteiger partial charge in [-0.15, -0.1) is 5.10 Å². The molecular formula is C17H14N4. The lowest BCUT2D eigenvalue weighted by atomic mass is 10.2. The van der Waals surface area contributed by atoms with Gasteiger partial charge in [0.2, 0.25) is 0 Å². The molecule has 0 spiro atoms. The Morgan fingerprint density at radius 2 is 1.43 bits per heavy atom. The molecule has 1 aromatic heterocycles. The van der Waals surface area contributed by atoms with E-state index in [-0.39, 0.29) is 0 Å². The average molecular weight is 274 g/mol. The van der Waals surface area contributed by atoms with Crippen LogP contribution in [0.15, 0.2) is 72.8 Å². The monoisotopic (exact) mass is 274 g/mol. The number of rotatable bonds is 4. The first-order chi connectivity index (χ1) is 10.4. The highest BCUT2D eigenvalue weighted by Gasteiger charge is 2.03. The number of benzene rings is 2. The Bertz CT molecular complexity index is 743. The zero-order valence-electron chi connectivity index (χ0n) is 11.4. The molecule has 0 atom stereocenters. The number of allylic oxidation sites excluding steroid dienone is 2. The number of aromatic nitrogens is 4. The van der Waals surface area contributed by atoms with Crippen LogP contribution in [0.3, 0.4) is 0 Å². The fourth-order valence-corrected chi connectivity index (χ4v) is 1.92. The van der Waals surface area contributed by atoms with Crippen molar-refractivity contribution in [3.8, 4) is 5.69 Å². The Hall–Kier alpha value is -3.01. The van der Waals surface area contributed by atoms with Crippen LogP contribution >= 0.6 is 0 Å². The predicted octanol–water partition coefficient (Wildman–Crippen LogP) is 3.39. The SMILES string of the molecule is C(C=Cc1nnnn1-c1ccccc1)=Cc1ccccc1. The van der Waals surface area contributed by atoms with E-state index in [1.165, 1.54) is 0 Å². The lowest BCUT2D eigenvalue weighted by molar-refractivity contribution is 0.787. The second-order valence-corrected chi connectivity index (χ2v) is 4.41. The van der Waals surface area contributed by atoms with Crippen molar-refractivity contribution >= 4 is 12.2 Å². The second kappa shape index (κ2) is 6.43. The highest BCUT2D eigenvalue weighted by molar-refractivity contribution is 5.55. The van der Waals surface area contributed by atoms with E-state index in [9.17, 15) is 0 Å². The topological polar surface area (TPSA) is 43.6 Å². The van der Waals surface area contributed by atoms with Gasteiger partial charge in [0.1, 0.15) is 0 Å². The molecule has 0 N–H and O–H groups in total. The number of tetrazole rings is 1. The number of para-hydroxylation sites is 1. The maximum Gasteiger partial charge on any atom is 0.179 e. The molecule has 0 aliphatic heterocycles. The first-order valence-electron chi connectivity index (χ1n) is 6.67. The lowest BCUT2D eigenvalue weighted by Crippen LogP contribution is -1.98. The van der Waals surface area contributed by atoms with Gasteiger partial charge in [0.05, 0.1) is 5.69 Å². The summed E-state index contributed by atoms with van der Waals surface area (Å²) in [6.07, 6.45) is 7.82. The molecule has 1 heterocycles. The minimum Gasteiger partial charge on any atom is -0.193 e. The molecule has 3 rings (SSSR count). The van der Waals surface area contributed by atoms with Crippen LogP contribution < -0.4 is 0 Å². The third-order valence-electron chi connectivity index (χ3n) is 2.94. The summed E-state index contributed by atoms with van der Waals surface area (Å²) in [5, 5.41) is 11.7. The molecule has 0 fully saturated rings. The summed E-state index contributed by atoms with van der Waals surface area (Å²) >= 11 is 0. The number of nitrogens with zero attached hydrogens (tertiary/aromatic N) is 4. The van der Waals surface area contributed by atoms with E-state index in [0.29, 0.717) is 5.82 Å². The fraction of sp³-hybridized carbons (Fsp3) is 0. The molecule has 0 aliphatic carbocycles. The van der Waals surface area contributed by atoms with Gasteiger partial charge in [0.25, 0.3) is 0 Å². The zero-order chi connectivity index (χ0) is 14.3. The van der Waals surface area contributed by atoms with Gasteiger partial charge in [-0.2, -0.15) is 4.68 Å². The minimum atomic E-state index is 0.693. The lowest BCUT2D eigenvalue weighted by Gasteiger charge is -1.99. The molecule has 3 aromatic rings. The van der Waals surface area contributed by atoms with Crippen LogP contribution in [-0.2, 0) is 0 Å². The molecule has 21 heavy (non-hydrogen) atoms. The molecule has 0 bridgehead atoms. The van der Waals surface area contributed by atoms with Crippen molar-refractivity contribution in [2.75, 3.05) is 0 Å². The minimum absolute atomic E-state index is 0.693. The van der Waals surface area contributed by atoms with Crippen molar-refractivity contribution in [2.24, 2.45) is 0 Å². The summed E-state index contributed by atoms with van der Waals surface area (Å²) in [6.45, 7) is 0. The largest absolute Gasteiger partial charge is 0.193 e. The van der Waals surface area contributed by atoms with Crippen molar-refractivity contribution in [2.45, 2.75) is 0 Å². The summed E-state index contributed by atoms with van der Waals surface area (Å²) < 4.78 is 1.70. The van der Waals surface area contributed by atoms with Crippen molar-refractivity contribution in [1.29, 1.82) is 0 Å². The van der Waals surface area contributed by atoms with Crippen molar-refractivity contribution in [3.05, 3.63) is 84.2 Å². The Kier molecular flexibility index (Phi) is 3.98. The predicted molar refractivity (Wildman–Crippen MR) is 83.7 cm³/mol. The first-order valence-corrected chi connectivity index (χ1v) is 6.67. The normalized spacial score (nSPS) is 11.4. The van der Waals surface area contributed by atoms with E-state index in [2.05, 4.69) is 27.7 Å². The van der Waals surface area contributed by atoms with E-state index < -0.39 is 0 Å². The van der Waals surface area contributed by atoms with Gasteiger partial charge in [0.15, 0.2) is 5.82 Å².